The van der Waals surface area contributed by atoms with Gasteiger partial charge < -0.3 is 5.32 Å². The maximum Gasteiger partial charge on any atom is 0.251 e. The summed E-state index contributed by atoms with van der Waals surface area (Å²) in [6.07, 6.45) is 2.28. The lowest BCUT2D eigenvalue weighted by molar-refractivity contribution is 0.0950. The zero-order valence-electron chi connectivity index (χ0n) is 14.9. The van der Waals surface area contributed by atoms with Crippen molar-refractivity contribution in [1.29, 1.82) is 0 Å². The summed E-state index contributed by atoms with van der Waals surface area (Å²) in [6.45, 7) is 5.67. The summed E-state index contributed by atoms with van der Waals surface area (Å²) >= 11 is 0. The number of rotatable bonds is 7. The maximum atomic E-state index is 12.2. The molecular formula is C21H27N3O. The van der Waals surface area contributed by atoms with E-state index in [0.29, 0.717) is 12.6 Å². The van der Waals surface area contributed by atoms with Crippen molar-refractivity contribution in [2.75, 3.05) is 26.3 Å². The smallest absolute Gasteiger partial charge is 0.251 e. The van der Waals surface area contributed by atoms with Crippen molar-refractivity contribution >= 4 is 5.91 Å². The first-order chi connectivity index (χ1) is 12.2. The van der Waals surface area contributed by atoms with Gasteiger partial charge in [0.25, 0.3) is 5.91 Å². The zero-order valence-corrected chi connectivity index (χ0v) is 14.9. The number of carbonyl (C=O) groups is 1. The van der Waals surface area contributed by atoms with Gasteiger partial charge in [0.15, 0.2) is 0 Å². The van der Waals surface area contributed by atoms with Crippen LogP contribution in [0.3, 0.4) is 0 Å². The first-order valence-corrected chi connectivity index (χ1v) is 9.05. The van der Waals surface area contributed by atoms with Crippen LogP contribution in [0.1, 0.15) is 27.9 Å². The van der Waals surface area contributed by atoms with Crippen molar-refractivity contribution in [2.24, 2.45) is 0 Å². The van der Waals surface area contributed by atoms with Crippen LogP contribution in [0.25, 0.3) is 0 Å². The second-order valence-electron chi connectivity index (χ2n) is 6.80. The third-order valence-electron chi connectivity index (χ3n) is 4.69. The van der Waals surface area contributed by atoms with Crippen LogP contribution < -0.4 is 10.6 Å². The third kappa shape index (κ3) is 5.41. The maximum absolute atomic E-state index is 12.2. The topological polar surface area (TPSA) is 44.4 Å². The lowest BCUT2D eigenvalue weighted by Gasteiger charge is -2.15. The van der Waals surface area contributed by atoms with Crippen molar-refractivity contribution in [3.05, 3.63) is 71.3 Å². The van der Waals surface area contributed by atoms with Gasteiger partial charge in [0.05, 0.1) is 0 Å². The fourth-order valence-corrected chi connectivity index (χ4v) is 3.18. The van der Waals surface area contributed by atoms with Crippen LogP contribution in [0.5, 0.6) is 0 Å². The van der Waals surface area contributed by atoms with Gasteiger partial charge in [0.1, 0.15) is 0 Å². The molecule has 132 valence electrons. The predicted octanol–water partition coefficient (Wildman–Crippen LogP) is 2.59. The Labute approximate surface area is 150 Å². The summed E-state index contributed by atoms with van der Waals surface area (Å²) in [5.41, 5.74) is 3.29. The van der Waals surface area contributed by atoms with E-state index in [9.17, 15) is 4.79 Å². The van der Waals surface area contributed by atoms with Gasteiger partial charge in [0, 0.05) is 31.4 Å². The van der Waals surface area contributed by atoms with Gasteiger partial charge in [-0.15, -0.1) is 0 Å². The number of benzene rings is 2. The summed E-state index contributed by atoms with van der Waals surface area (Å²) < 4.78 is 0. The summed E-state index contributed by atoms with van der Waals surface area (Å²) in [7, 11) is 0. The average molecular weight is 337 g/mol. The van der Waals surface area contributed by atoms with Gasteiger partial charge in [-0.3, -0.25) is 15.0 Å². The lowest BCUT2D eigenvalue weighted by Crippen LogP contribution is -2.38. The second kappa shape index (κ2) is 8.79. The molecule has 2 aromatic carbocycles. The standard InChI is InChI=1S/C21H27N3O/c1-17-9-11-19(12-10-17)21(25)22-14-20-15-24(16-23-20)13-5-8-18-6-3-2-4-7-18/h2-4,6-7,9-12,20,23H,5,8,13-16H2,1H3,(H,22,25). The molecular weight excluding hydrogens is 310 g/mol. The van der Waals surface area contributed by atoms with Crippen molar-refractivity contribution in [1.82, 2.24) is 15.5 Å². The van der Waals surface area contributed by atoms with Gasteiger partial charge in [-0.25, -0.2) is 0 Å². The Morgan fingerprint density at radius 3 is 2.68 bits per heavy atom. The molecule has 25 heavy (non-hydrogen) atoms. The van der Waals surface area contributed by atoms with Crippen LogP contribution >= 0.6 is 0 Å². The minimum atomic E-state index is 0.00401. The highest BCUT2D eigenvalue weighted by Gasteiger charge is 2.21. The molecule has 0 radical (unpaired) electrons. The fraction of sp³-hybridized carbons (Fsp3) is 0.381. The third-order valence-corrected chi connectivity index (χ3v) is 4.69. The van der Waals surface area contributed by atoms with E-state index >= 15 is 0 Å². The molecule has 0 saturated carbocycles. The molecule has 0 bridgehead atoms. The largest absolute Gasteiger partial charge is 0.350 e. The van der Waals surface area contributed by atoms with Crippen LogP contribution in [-0.2, 0) is 6.42 Å². The first kappa shape index (κ1) is 17.6. The summed E-state index contributed by atoms with van der Waals surface area (Å²) in [5, 5.41) is 6.52. The van der Waals surface area contributed by atoms with Crippen molar-refractivity contribution in [3.63, 3.8) is 0 Å². The van der Waals surface area contributed by atoms with Crippen LogP contribution in [0.2, 0.25) is 0 Å². The SMILES string of the molecule is Cc1ccc(C(=O)NCC2CN(CCCc3ccccc3)CN2)cc1. The van der Waals surface area contributed by atoms with Gasteiger partial charge >= 0.3 is 0 Å². The molecule has 1 saturated heterocycles. The Bertz CT molecular complexity index is 669. The normalized spacial score (nSPS) is 17.6. The molecule has 1 aliphatic rings. The van der Waals surface area contributed by atoms with Crippen molar-refractivity contribution in [3.8, 4) is 0 Å². The number of hydrogen-bond donors (Lipinski definition) is 2. The molecule has 0 spiro atoms. The number of nitrogens with zero attached hydrogens (tertiary/aromatic N) is 1. The van der Waals surface area contributed by atoms with E-state index in [1.165, 1.54) is 11.1 Å². The Morgan fingerprint density at radius 1 is 1.16 bits per heavy atom. The van der Waals surface area contributed by atoms with Crippen molar-refractivity contribution in [2.45, 2.75) is 25.8 Å². The van der Waals surface area contributed by atoms with E-state index in [0.717, 1.165) is 38.2 Å². The van der Waals surface area contributed by atoms with E-state index in [-0.39, 0.29) is 5.91 Å². The molecule has 2 aromatic rings. The van der Waals surface area contributed by atoms with E-state index < -0.39 is 0 Å². The minimum Gasteiger partial charge on any atom is -0.350 e. The predicted molar refractivity (Wildman–Crippen MR) is 102 cm³/mol. The van der Waals surface area contributed by atoms with E-state index in [2.05, 4.69) is 45.9 Å². The molecule has 1 amide bonds. The zero-order chi connectivity index (χ0) is 17.5. The molecule has 1 aliphatic heterocycles. The Morgan fingerprint density at radius 2 is 1.92 bits per heavy atom. The van der Waals surface area contributed by atoms with Gasteiger partial charge in [-0.2, -0.15) is 0 Å². The molecule has 4 nitrogen and oxygen atoms in total. The van der Waals surface area contributed by atoms with Gasteiger partial charge in [0.2, 0.25) is 0 Å². The molecule has 1 unspecified atom stereocenters. The highest BCUT2D eigenvalue weighted by Crippen LogP contribution is 2.07. The number of hydrogen-bond acceptors (Lipinski definition) is 3. The average Bonchev–Trinajstić information content (AvgIpc) is 3.09. The summed E-state index contributed by atoms with van der Waals surface area (Å²) in [6, 6.07) is 18.6. The Hall–Kier alpha value is -2.17. The first-order valence-electron chi connectivity index (χ1n) is 9.05. The second-order valence-corrected chi connectivity index (χ2v) is 6.80. The number of carbonyl (C=O) groups excluding carboxylic acids is 1. The Kier molecular flexibility index (Phi) is 6.20. The molecule has 1 fully saturated rings. The molecule has 1 heterocycles. The molecule has 3 rings (SSSR count). The lowest BCUT2D eigenvalue weighted by atomic mass is 10.1. The van der Waals surface area contributed by atoms with Gasteiger partial charge in [-0.05, 0) is 44.0 Å². The van der Waals surface area contributed by atoms with Crippen LogP contribution in [0.4, 0.5) is 0 Å². The van der Waals surface area contributed by atoms with Gasteiger partial charge in [-0.1, -0.05) is 48.0 Å². The van der Waals surface area contributed by atoms with Crippen molar-refractivity contribution < 1.29 is 4.79 Å². The molecule has 1 atom stereocenters. The van der Waals surface area contributed by atoms with Crippen LogP contribution in [0, 0.1) is 6.92 Å². The molecule has 0 aliphatic carbocycles. The molecule has 0 aromatic heterocycles. The highest BCUT2D eigenvalue weighted by atomic mass is 16.1. The summed E-state index contributed by atoms with van der Waals surface area (Å²) in [5.74, 6) is 0.00401. The van der Waals surface area contributed by atoms with E-state index in [1.54, 1.807) is 0 Å². The summed E-state index contributed by atoms with van der Waals surface area (Å²) in [4.78, 5) is 14.6. The van der Waals surface area contributed by atoms with Crippen LogP contribution in [0.15, 0.2) is 54.6 Å². The van der Waals surface area contributed by atoms with Crippen LogP contribution in [-0.4, -0.2) is 43.2 Å². The molecule has 4 heteroatoms. The monoisotopic (exact) mass is 337 g/mol. The number of nitrogens with one attached hydrogen (secondary N) is 2. The minimum absolute atomic E-state index is 0.00401. The Balaban J connectivity index is 1.35. The highest BCUT2D eigenvalue weighted by molar-refractivity contribution is 5.94. The van der Waals surface area contributed by atoms with E-state index in [4.69, 9.17) is 0 Å². The van der Waals surface area contributed by atoms with E-state index in [1.807, 2.05) is 31.2 Å². The quantitative estimate of drug-likeness (QED) is 0.816. The number of aryl methyl sites for hydroxylation is 2. The molecule has 2 N–H and O–H groups in total. The fourth-order valence-electron chi connectivity index (χ4n) is 3.18. The number of amides is 1.